The smallest absolute Gasteiger partial charge is 0.255 e. The summed E-state index contributed by atoms with van der Waals surface area (Å²) in [7, 11) is 1.43. The Bertz CT molecular complexity index is 713. The largest absolute Gasteiger partial charge is 0.481 e. The molecule has 0 radical (unpaired) electrons. The summed E-state index contributed by atoms with van der Waals surface area (Å²) in [5.74, 6) is 0.0525. The molecule has 0 aliphatic rings. The Morgan fingerprint density at radius 2 is 2.05 bits per heavy atom. The molecular formula is C15H17N3O3S. The van der Waals surface area contributed by atoms with Crippen LogP contribution in [-0.4, -0.2) is 28.2 Å². The van der Waals surface area contributed by atoms with Gasteiger partial charge in [-0.1, -0.05) is 29.5 Å². The number of benzene rings is 1. The van der Waals surface area contributed by atoms with E-state index in [1.54, 1.807) is 6.92 Å². The van der Waals surface area contributed by atoms with Crippen molar-refractivity contribution in [1.82, 2.24) is 9.97 Å². The van der Waals surface area contributed by atoms with E-state index in [1.807, 2.05) is 31.2 Å². The number of hydrogen-bond acceptors (Lipinski definition) is 5. The maximum atomic E-state index is 12.2. The highest BCUT2D eigenvalue weighted by atomic mass is 32.2. The zero-order valence-corrected chi connectivity index (χ0v) is 13.4. The number of aromatic nitrogens is 2. The number of ether oxygens (including phenoxy) is 1. The van der Waals surface area contributed by atoms with Crippen molar-refractivity contribution in [3.8, 4) is 5.88 Å². The van der Waals surface area contributed by atoms with Gasteiger partial charge in [0.2, 0.25) is 11.8 Å². The van der Waals surface area contributed by atoms with Crippen molar-refractivity contribution in [2.45, 2.75) is 24.3 Å². The van der Waals surface area contributed by atoms with Crippen molar-refractivity contribution in [3.63, 3.8) is 0 Å². The second-order valence-electron chi connectivity index (χ2n) is 4.71. The molecule has 1 heterocycles. The summed E-state index contributed by atoms with van der Waals surface area (Å²) in [6.07, 6.45) is 0. The van der Waals surface area contributed by atoms with E-state index >= 15 is 0 Å². The van der Waals surface area contributed by atoms with Gasteiger partial charge in [-0.25, -0.2) is 0 Å². The van der Waals surface area contributed by atoms with Crippen LogP contribution in [0.1, 0.15) is 12.5 Å². The van der Waals surface area contributed by atoms with E-state index in [1.165, 1.54) is 13.2 Å². The lowest BCUT2D eigenvalue weighted by Gasteiger charge is -2.11. The number of carbonyl (C=O) groups is 1. The van der Waals surface area contributed by atoms with Gasteiger partial charge in [0.05, 0.1) is 18.4 Å². The summed E-state index contributed by atoms with van der Waals surface area (Å²) in [5, 5.41) is 2.75. The Balaban J connectivity index is 2.03. The second-order valence-corrected chi connectivity index (χ2v) is 6.04. The van der Waals surface area contributed by atoms with Crippen LogP contribution >= 0.6 is 11.8 Å². The van der Waals surface area contributed by atoms with Gasteiger partial charge >= 0.3 is 0 Å². The SMILES string of the molecule is COc1cc(=O)[nH]c(SC(C)C(=O)Nc2ccc(C)cc2)n1. The number of rotatable bonds is 5. The van der Waals surface area contributed by atoms with Gasteiger partial charge in [0.25, 0.3) is 5.56 Å². The molecule has 1 unspecified atom stereocenters. The molecule has 1 amide bonds. The summed E-state index contributed by atoms with van der Waals surface area (Å²) in [6, 6.07) is 8.79. The number of aryl methyl sites for hydroxylation is 1. The summed E-state index contributed by atoms with van der Waals surface area (Å²) in [5.41, 5.74) is 1.54. The number of nitrogens with zero attached hydrogens (tertiary/aromatic N) is 1. The van der Waals surface area contributed by atoms with Crippen LogP contribution in [0.3, 0.4) is 0 Å². The Kier molecular flexibility index (Phi) is 5.21. The Labute approximate surface area is 132 Å². The molecule has 0 aliphatic heterocycles. The lowest BCUT2D eigenvalue weighted by molar-refractivity contribution is -0.115. The molecule has 1 aromatic heterocycles. The predicted octanol–water partition coefficient (Wildman–Crippen LogP) is 2.21. The predicted molar refractivity (Wildman–Crippen MR) is 86.5 cm³/mol. The average Bonchev–Trinajstić information content (AvgIpc) is 2.48. The highest BCUT2D eigenvalue weighted by Gasteiger charge is 2.16. The quantitative estimate of drug-likeness (QED) is 0.652. The maximum Gasteiger partial charge on any atom is 0.255 e. The van der Waals surface area contributed by atoms with Crippen molar-refractivity contribution >= 4 is 23.4 Å². The number of anilines is 1. The first-order chi connectivity index (χ1) is 10.5. The normalized spacial score (nSPS) is 11.8. The highest BCUT2D eigenvalue weighted by molar-refractivity contribution is 8.00. The third-order valence-corrected chi connectivity index (χ3v) is 3.87. The van der Waals surface area contributed by atoms with Gasteiger partial charge in [0.15, 0.2) is 5.16 Å². The van der Waals surface area contributed by atoms with Crippen LogP contribution in [0.4, 0.5) is 5.69 Å². The lowest BCUT2D eigenvalue weighted by atomic mass is 10.2. The number of methoxy groups -OCH3 is 1. The molecule has 1 aromatic carbocycles. The number of nitrogens with one attached hydrogen (secondary N) is 2. The molecule has 2 N–H and O–H groups in total. The number of thioether (sulfide) groups is 1. The van der Waals surface area contributed by atoms with Gasteiger partial charge in [-0.3, -0.25) is 9.59 Å². The first-order valence-electron chi connectivity index (χ1n) is 6.67. The molecular weight excluding hydrogens is 302 g/mol. The minimum Gasteiger partial charge on any atom is -0.481 e. The van der Waals surface area contributed by atoms with Crippen LogP contribution in [0.25, 0.3) is 0 Å². The fourth-order valence-corrected chi connectivity index (χ4v) is 2.48. The van der Waals surface area contributed by atoms with Crippen molar-refractivity contribution in [1.29, 1.82) is 0 Å². The Morgan fingerprint density at radius 1 is 1.36 bits per heavy atom. The number of H-pyrrole nitrogens is 1. The van der Waals surface area contributed by atoms with Gasteiger partial charge in [-0.15, -0.1) is 0 Å². The van der Waals surface area contributed by atoms with Crippen molar-refractivity contribution in [3.05, 3.63) is 46.2 Å². The molecule has 0 saturated heterocycles. The molecule has 22 heavy (non-hydrogen) atoms. The minimum atomic E-state index is -0.420. The van der Waals surface area contributed by atoms with Gasteiger partial charge in [0.1, 0.15) is 0 Å². The van der Waals surface area contributed by atoms with Crippen LogP contribution in [0, 0.1) is 6.92 Å². The zero-order valence-electron chi connectivity index (χ0n) is 12.5. The van der Waals surface area contributed by atoms with E-state index in [0.29, 0.717) is 5.16 Å². The molecule has 7 heteroatoms. The van der Waals surface area contributed by atoms with Crippen LogP contribution in [0.5, 0.6) is 5.88 Å². The average molecular weight is 319 g/mol. The van der Waals surface area contributed by atoms with Gasteiger partial charge in [0, 0.05) is 5.69 Å². The molecule has 0 spiro atoms. The monoisotopic (exact) mass is 319 g/mol. The van der Waals surface area contributed by atoms with E-state index in [0.717, 1.165) is 23.0 Å². The minimum absolute atomic E-state index is 0.167. The van der Waals surface area contributed by atoms with E-state index in [9.17, 15) is 9.59 Å². The summed E-state index contributed by atoms with van der Waals surface area (Å²) < 4.78 is 4.94. The Morgan fingerprint density at radius 3 is 2.68 bits per heavy atom. The van der Waals surface area contributed by atoms with E-state index in [2.05, 4.69) is 15.3 Å². The lowest BCUT2D eigenvalue weighted by Crippen LogP contribution is -2.23. The van der Waals surface area contributed by atoms with Gasteiger partial charge in [-0.2, -0.15) is 4.98 Å². The molecule has 0 bridgehead atoms. The molecule has 0 saturated carbocycles. The molecule has 2 aromatic rings. The van der Waals surface area contributed by atoms with Crippen LogP contribution in [-0.2, 0) is 4.79 Å². The molecule has 116 valence electrons. The second kappa shape index (κ2) is 7.13. The van der Waals surface area contributed by atoms with Crippen molar-refractivity contribution < 1.29 is 9.53 Å². The van der Waals surface area contributed by atoms with Crippen molar-refractivity contribution in [2.24, 2.45) is 0 Å². The maximum absolute atomic E-state index is 12.2. The summed E-state index contributed by atoms with van der Waals surface area (Å²) in [6.45, 7) is 3.72. The zero-order chi connectivity index (χ0) is 16.1. The van der Waals surface area contributed by atoms with E-state index < -0.39 is 5.25 Å². The number of amides is 1. The van der Waals surface area contributed by atoms with Crippen molar-refractivity contribution in [2.75, 3.05) is 12.4 Å². The van der Waals surface area contributed by atoms with Gasteiger partial charge < -0.3 is 15.0 Å². The topological polar surface area (TPSA) is 84.1 Å². The van der Waals surface area contributed by atoms with Gasteiger partial charge in [-0.05, 0) is 26.0 Å². The standard InChI is InChI=1S/C15H17N3O3S/c1-9-4-6-11(7-5-9)16-14(20)10(2)22-15-17-12(19)8-13(18-15)21-3/h4-8,10H,1-3H3,(H,16,20)(H,17,18,19). The molecule has 0 fully saturated rings. The number of carbonyl (C=O) groups excluding carboxylic acids is 1. The van der Waals surface area contributed by atoms with Crippen LogP contribution < -0.4 is 15.6 Å². The number of aromatic amines is 1. The first-order valence-corrected chi connectivity index (χ1v) is 7.55. The summed E-state index contributed by atoms with van der Waals surface area (Å²) in [4.78, 5) is 30.3. The van der Waals surface area contributed by atoms with E-state index in [-0.39, 0.29) is 17.3 Å². The highest BCUT2D eigenvalue weighted by Crippen LogP contribution is 2.21. The third-order valence-electron chi connectivity index (χ3n) is 2.88. The Hall–Kier alpha value is -2.28. The molecule has 0 aliphatic carbocycles. The molecule has 1 atom stereocenters. The number of hydrogen-bond donors (Lipinski definition) is 2. The molecule has 6 nitrogen and oxygen atoms in total. The fraction of sp³-hybridized carbons (Fsp3) is 0.267. The van der Waals surface area contributed by atoms with Crippen LogP contribution in [0.15, 0.2) is 40.3 Å². The van der Waals surface area contributed by atoms with E-state index in [4.69, 9.17) is 4.74 Å². The summed E-state index contributed by atoms with van der Waals surface area (Å²) >= 11 is 1.16. The molecule has 2 rings (SSSR count). The van der Waals surface area contributed by atoms with Crippen LogP contribution in [0.2, 0.25) is 0 Å². The third kappa shape index (κ3) is 4.36. The fourth-order valence-electron chi connectivity index (χ4n) is 1.68. The first kappa shape index (κ1) is 16.1.